The number of carbonyl (C=O) groups excluding carboxylic acids is 1. The summed E-state index contributed by atoms with van der Waals surface area (Å²) < 4.78 is 5.96. The molecule has 1 saturated carbocycles. The number of aryl methyl sites for hydroxylation is 2. The lowest BCUT2D eigenvalue weighted by Gasteiger charge is -2.28. The molecule has 1 aliphatic carbocycles. The smallest absolute Gasteiger partial charge is 0.263 e. The summed E-state index contributed by atoms with van der Waals surface area (Å²) in [5.74, 6) is 0.911. The zero-order valence-electron chi connectivity index (χ0n) is 13.9. The molecular formula is C18H27NO2. The molecule has 3 nitrogen and oxygen atoms in total. The molecule has 1 aliphatic rings. The van der Waals surface area contributed by atoms with E-state index in [9.17, 15) is 4.79 Å². The van der Waals surface area contributed by atoms with E-state index >= 15 is 0 Å². The van der Waals surface area contributed by atoms with E-state index in [1.54, 1.807) is 0 Å². The van der Waals surface area contributed by atoms with Gasteiger partial charge in [0.2, 0.25) is 0 Å². The second-order valence-electron chi connectivity index (χ2n) is 6.35. The summed E-state index contributed by atoms with van der Waals surface area (Å²) in [5.41, 5.74) is 3.48. The Hall–Kier alpha value is -1.51. The van der Waals surface area contributed by atoms with Crippen LogP contribution in [0.4, 0.5) is 0 Å². The van der Waals surface area contributed by atoms with Crippen LogP contribution in [0.2, 0.25) is 0 Å². The first-order valence-corrected chi connectivity index (χ1v) is 7.91. The predicted molar refractivity (Wildman–Crippen MR) is 85.8 cm³/mol. The molecule has 0 unspecified atom stereocenters. The van der Waals surface area contributed by atoms with Crippen molar-refractivity contribution in [3.8, 4) is 5.75 Å². The van der Waals surface area contributed by atoms with Gasteiger partial charge < -0.3 is 9.64 Å². The lowest BCUT2D eigenvalue weighted by atomic mass is 10.1. The third-order valence-corrected chi connectivity index (χ3v) is 4.64. The highest BCUT2D eigenvalue weighted by Crippen LogP contribution is 2.26. The van der Waals surface area contributed by atoms with Gasteiger partial charge in [0.15, 0.2) is 6.10 Å². The zero-order valence-corrected chi connectivity index (χ0v) is 13.9. The van der Waals surface area contributed by atoms with Crippen LogP contribution in [-0.2, 0) is 4.79 Å². The second kappa shape index (κ2) is 6.50. The number of amides is 1. The first-order chi connectivity index (χ1) is 9.90. The SMILES string of the molecule is Cc1cc(C)c(C)c(O[C@@H](C)C(=O)N(C)C2CCCC2)c1. The van der Waals surface area contributed by atoms with Crippen LogP contribution in [0.25, 0.3) is 0 Å². The van der Waals surface area contributed by atoms with Crippen molar-refractivity contribution in [1.29, 1.82) is 0 Å². The number of carbonyl (C=O) groups is 1. The van der Waals surface area contributed by atoms with Crippen LogP contribution in [0.5, 0.6) is 5.75 Å². The Morgan fingerprint density at radius 3 is 2.48 bits per heavy atom. The maximum Gasteiger partial charge on any atom is 0.263 e. The first-order valence-electron chi connectivity index (χ1n) is 7.91. The van der Waals surface area contributed by atoms with Gasteiger partial charge in [-0.3, -0.25) is 4.79 Å². The second-order valence-corrected chi connectivity index (χ2v) is 6.35. The van der Waals surface area contributed by atoms with E-state index in [4.69, 9.17) is 4.74 Å². The maximum absolute atomic E-state index is 12.5. The van der Waals surface area contributed by atoms with Gasteiger partial charge in [-0.05, 0) is 63.3 Å². The van der Waals surface area contributed by atoms with E-state index < -0.39 is 6.10 Å². The molecule has 1 aromatic rings. The van der Waals surface area contributed by atoms with E-state index in [1.807, 2.05) is 31.9 Å². The van der Waals surface area contributed by atoms with Crippen LogP contribution in [0.1, 0.15) is 49.3 Å². The van der Waals surface area contributed by atoms with Crippen LogP contribution in [0, 0.1) is 20.8 Å². The van der Waals surface area contributed by atoms with Gasteiger partial charge in [-0.15, -0.1) is 0 Å². The summed E-state index contributed by atoms with van der Waals surface area (Å²) in [4.78, 5) is 14.4. The Morgan fingerprint density at radius 2 is 1.86 bits per heavy atom. The van der Waals surface area contributed by atoms with Gasteiger partial charge in [-0.2, -0.15) is 0 Å². The van der Waals surface area contributed by atoms with Crippen molar-refractivity contribution in [1.82, 2.24) is 4.90 Å². The van der Waals surface area contributed by atoms with E-state index in [2.05, 4.69) is 19.9 Å². The minimum Gasteiger partial charge on any atom is -0.481 e. The molecule has 1 fully saturated rings. The number of nitrogens with zero attached hydrogens (tertiary/aromatic N) is 1. The van der Waals surface area contributed by atoms with Crippen LogP contribution >= 0.6 is 0 Å². The highest BCUT2D eigenvalue weighted by Gasteiger charge is 2.27. The number of hydrogen-bond acceptors (Lipinski definition) is 2. The summed E-state index contributed by atoms with van der Waals surface area (Å²) in [7, 11) is 1.91. The number of benzene rings is 1. The summed E-state index contributed by atoms with van der Waals surface area (Å²) in [6, 6.07) is 4.55. The van der Waals surface area contributed by atoms with Crippen molar-refractivity contribution >= 4 is 5.91 Å². The summed E-state index contributed by atoms with van der Waals surface area (Å²) in [5, 5.41) is 0. The van der Waals surface area contributed by atoms with Gasteiger partial charge in [0.25, 0.3) is 5.91 Å². The summed E-state index contributed by atoms with van der Waals surface area (Å²) >= 11 is 0. The fourth-order valence-electron chi connectivity index (χ4n) is 3.12. The van der Waals surface area contributed by atoms with Crippen molar-refractivity contribution in [2.45, 2.75) is 65.5 Å². The normalized spacial score (nSPS) is 16.8. The van der Waals surface area contributed by atoms with E-state index in [0.717, 1.165) is 29.7 Å². The Morgan fingerprint density at radius 1 is 1.24 bits per heavy atom. The molecule has 1 atom stereocenters. The van der Waals surface area contributed by atoms with Crippen molar-refractivity contribution in [3.63, 3.8) is 0 Å². The molecule has 21 heavy (non-hydrogen) atoms. The van der Waals surface area contributed by atoms with Crippen LogP contribution in [-0.4, -0.2) is 30.0 Å². The third kappa shape index (κ3) is 3.58. The molecular weight excluding hydrogens is 262 g/mol. The number of hydrogen-bond donors (Lipinski definition) is 0. The minimum absolute atomic E-state index is 0.0838. The molecule has 0 spiro atoms. The highest BCUT2D eigenvalue weighted by molar-refractivity contribution is 5.81. The standard InChI is InChI=1S/C18H27NO2/c1-12-10-13(2)14(3)17(11-12)21-15(4)18(20)19(5)16-8-6-7-9-16/h10-11,15-16H,6-9H2,1-5H3/t15-/m0/s1. The monoisotopic (exact) mass is 289 g/mol. The van der Waals surface area contributed by atoms with Crippen molar-refractivity contribution in [2.75, 3.05) is 7.05 Å². The average Bonchev–Trinajstić information content (AvgIpc) is 2.96. The first kappa shape index (κ1) is 15.9. The lowest BCUT2D eigenvalue weighted by Crippen LogP contribution is -2.43. The van der Waals surface area contributed by atoms with E-state index in [0.29, 0.717) is 6.04 Å². The molecule has 1 amide bonds. The van der Waals surface area contributed by atoms with Crippen molar-refractivity contribution < 1.29 is 9.53 Å². The molecule has 0 aromatic heterocycles. The van der Waals surface area contributed by atoms with Gasteiger partial charge >= 0.3 is 0 Å². The Kier molecular flexibility index (Phi) is 4.92. The highest BCUT2D eigenvalue weighted by atomic mass is 16.5. The van der Waals surface area contributed by atoms with Crippen molar-refractivity contribution in [3.05, 3.63) is 28.8 Å². The lowest BCUT2D eigenvalue weighted by molar-refractivity contribution is -0.138. The molecule has 116 valence electrons. The Labute approximate surface area is 128 Å². The average molecular weight is 289 g/mol. The number of likely N-dealkylation sites (N-methyl/N-ethyl adjacent to an activating group) is 1. The molecule has 0 aliphatic heterocycles. The molecule has 2 rings (SSSR count). The van der Waals surface area contributed by atoms with E-state index in [-0.39, 0.29) is 5.91 Å². The Balaban J connectivity index is 2.06. The molecule has 0 N–H and O–H groups in total. The number of rotatable bonds is 4. The molecule has 3 heteroatoms. The largest absolute Gasteiger partial charge is 0.481 e. The minimum atomic E-state index is -0.435. The predicted octanol–water partition coefficient (Wildman–Crippen LogP) is 3.78. The quantitative estimate of drug-likeness (QED) is 0.844. The third-order valence-electron chi connectivity index (χ3n) is 4.64. The fraction of sp³-hybridized carbons (Fsp3) is 0.611. The van der Waals surface area contributed by atoms with Crippen molar-refractivity contribution in [2.24, 2.45) is 0 Å². The number of ether oxygens (including phenoxy) is 1. The summed E-state index contributed by atoms with van der Waals surface area (Å²) in [6.45, 7) is 8.02. The molecule has 0 heterocycles. The van der Waals surface area contributed by atoms with Gasteiger partial charge in [0.05, 0.1) is 0 Å². The van der Waals surface area contributed by atoms with Gasteiger partial charge in [0.1, 0.15) is 5.75 Å². The molecule has 0 bridgehead atoms. The topological polar surface area (TPSA) is 29.5 Å². The van der Waals surface area contributed by atoms with Crippen LogP contribution in [0.15, 0.2) is 12.1 Å². The Bertz CT molecular complexity index is 518. The summed E-state index contributed by atoms with van der Waals surface area (Å²) in [6.07, 6.45) is 4.27. The van der Waals surface area contributed by atoms with E-state index in [1.165, 1.54) is 18.4 Å². The molecule has 0 saturated heterocycles. The van der Waals surface area contributed by atoms with Crippen LogP contribution in [0.3, 0.4) is 0 Å². The van der Waals surface area contributed by atoms with Gasteiger partial charge in [0, 0.05) is 13.1 Å². The van der Waals surface area contributed by atoms with Crippen LogP contribution < -0.4 is 4.74 Å². The fourth-order valence-corrected chi connectivity index (χ4v) is 3.12. The molecule has 0 radical (unpaired) electrons. The van der Waals surface area contributed by atoms with Gasteiger partial charge in [-0.1, -0.05) is 18.9 Å². The van der Waals surface area contributed by atoms with Gasteiger partial charge in [-0.25, -0.2) is 0 Å². The zero-order chi connectivity index (χ0) is 15.6. The molecule has 1 aromatic carbocycles. The maximum atomic E-state index is 12.5.